The standard InChI is InChI=1S/C13H10F3N3O3/c14-13(15,16)12(21)5-6-18-19(12)11(20)8-22-10-3-1-9(7-17)2-4-10/h1-4,6,21H,5,8H2/t12-/m0/s1. The van der Waals surface area contributed by atoms with Crippen LogP contribution in [0.3, 0.4) is 0 Å². The lowest BCUT2D eigenvalue weighted by molar-refractivity contribution is -0.302. The molecule has 0 radical (unpaired) electrons. The van der Waals surface area contributed by atoms with Crippen LogP contribution in [0.4, 0.5) is 13.2 Å². The Kier molecular flexibility index (Phi) is 4.05. The van der Waals surface area contributed by atoms with Crippen LogP contribution in [0.25, 0.3) is 0 Å². The fourth-order valence-corrected chi connectivity index (χ4v) is 1.77. The van der Waals surface area contributed by atoms with Crippen molar-refractivity contribution in [2.75, 3.05) is 6.61 Å². The van der Waals surface area contributed by atoms with Gasteiger partial charge < -0.3 is 9.84 Å². The molecule has 1 N–H and O–H groups in total. The third kappa shape index (κ3) is 2.87. The van der Waals surface area contributed by atoms with Crippen molar-refractivity contribution in [3.05, 3.63) is 29.8 Å². The summed E-state index contributed by atoms with van der Waals surface area (Å²) in [5.41, 5.74) is -2.98. The lowest BCUT2D eigenvalue weighted by Crippen LogP contribution is -2.57. The Hall–Kier alpha value is -2.60. The minimum absolute atomic E-state index is 0.0311. The fourth-order valence-electron chi connectivity index (χ4n) is 1.77. The molecule has 9 heteroatoms. The lowest BCUT2D eigenvalue weighted by atomic mass is 10.1. The number of nitriles is 1. The summed E-state index contributed by atoms with van der Waals surface area (Å²) in [6.45, 7) is -0.734. The van der Waals surface area contributed by atoms with Crippen LogP contribution in [-0.4, -0.2) is 40.7 Å². The van der Waals surface area contributed by atoms with E-state index >= 15 is 0 Å². The third-order valence-electron chi connectivity index (χ3n) is 2.96. The number of carbonyl (C=O) groups excluding carboxylic acids is 1. The summed E-state index contributed by atoms with van der Waals surface area (Å²) in [6.07, 6.45) is -5.06. The topological polar surface area (TPSA) is 85.9 Å². The smallest absolute Gasteiger partial charge is 0.438 e. The van der Waals surface area contributed by atoms with E-state index in [1.807, 2.05) is 6.07 Å². The zero-order valence-electron chi connectivity index (χ0n) is 11.0. The maximum Gasteiger partial charge on any atom is 0.438 e. The molecular weight excluding hydrogens is 303 g/mol. The van der Waals surface area contributed by atoms with E-state index < -0.39 is 30.8 Å². The average molecular weight is 313 g/mol. The van der Waals surface area contributed by atoms with Gasteiger partial charge in [-0.1, -0.05) is 0 Å². The van der Waals surface area contributed by atoms with Crippen molar-refractivity contribution in [3.63, 3.8) is 0 Å². The van der Waals surface area contributed by atoms with E-state index in [2.05, 4.69) is 5.10 Å². The Balaban J connectivity index is 2.03. The van der Waals surface area contributed by atoms with E-state index in [-0.39, 0.29) is 10.8 Å². The predicted molar refractivity (Wildman–Crippen MR) is 67.6 cm³/mol. The second-order valence-electron chi connectivity index (χ2n) is 4.45. The highest BCUT2D eigenvalue weighted by Gasteiger charge is 2.61. The van der Waals surface area contributed by atoms with Gasteiger partial charge in [0.2, 0.25) is 0 Å². The summed E-state index contributed by atoms with van der Waals surface area (Å²) in [5.74, 6) is -0.941. The van der Waals surface area contributed by atoms with Gasteiger partial charge in [-0.3, -0.25) is 4.79 Å². The van der Waals surface area contributed by atoms with E-state index in [4.69, 9.17) is 10.00 Å². The number of rotatable bonds is 3. The Morgan fingerprint density at radius 2 is 2.09 bits per heavy atom. The van der Waals surface area contributed by atoms with Gasteiger partial charge in [-0.05, 0) is 24.3 Å². The third-order valence-corrected chi connectivity index (χ3v) is 2.96. The molecule has 0 aliphatic carbocycles. The molecule has 0 spiro atoms. The summed E-state index contributed by atoms with van der Waals surface area (Å²) in [6, 6.07) is 7.54. The number of hydrogen-bond acceptors (Lipinski definition) is 5. The Labute approximate surface area is 123 Å². The molecule has 1 amide bonds. The van der Waals surface area contributed by atoms with Crippen LogP contribution in [-0.2, 0) is 4.79 Å². The van der Waals surface area contributed by atoms with E-state index in [0.717, 1.165) is 6.21 Å². The lowest BCUT2D eigenvalue weighted by Gasteiger charge is -2.32. The van der Waals surface area contributed by atoms with Crippen molar-refractivity contribution in [2.45, 2.75) is 18.3 Å². The van der Waals surface area contributed by atoms with Gasteiger partial charge in [-0.2, -0.15) is 28.5 Å². The van der Waals surface area contributed by atoms with Crippen LogP contribution in [0.2, 0.25) is 0 Å². The van der Waals surface area contributed by atoms with Crippen molar-refractivity contribution < 1.29 is 27.8 Å². The molecule has 0 saturated carbocycles. The molecule has 0 bridgehead atoms. The van der Waals surface area contributed by atoms with Crippen LogP contribution in [0.15, 0.2) is 29.4 Å². The largest absolute Gasteiger partial charge is 0.484 e. The van der Waals surface area contributed by atoms with Crippen molar-refractivity contribution in [3.8, 4) is 11.8 Å². The van der Waals surface area contributed by atoms with E-state index in [9.17, 15) is 23.1 Å². The first kappa shape index (κ1) is 15.8. The molecule has 116 valence electrons. The Morgan fingerprint density at radius 1 is 1.45 bits per heavy atom. The summed E-state index contributed by atoms with van der Waals surface area (Å²) in [4.78, 5) is 11.8. The number of hydrogen-bond donors (Lipinski definition) is 1. The first-order chi connectivity index (χ1) is 10.3. The van der Waals surface area contributed by atoms with Crippen LogP contribution in [0.1, 0.15) is 12.0 Å². The summed E-state index contributed by atoms with van der Waals surface area (Å²) >= 11 is 0. The molecule has 0 fully saturated rings. The zero-order chi connectivity index (χ0) is 16.4. The molecule has 6 nitrogen and oxygen atoms in total. The van der Waals surface area contributed by atoms with Crippen LogP contribution in [0.5, 0.6) is 5.75 Å². The van der Waals surface area contributed by atoms with Crippen LogP contribution >= 0.6 is 0 Å². The zero-order valence-corrected chi connectivity index (χ0v) is 11.0. The van der Waals surface area contributed by atoms with Gasteiger partial charge >= 0.3 is 6.18 Å². The SMILES string of the molecule is N#Cc1ccc(OCC(=O)N2N=CC[C@]2(O)C(F)(F)F)cc1. The van der Waals surface area contributed by atoms with Crippen LogP contribution in [0, 0.1) is 11.3 Å². The molecule has 1 aliphatic rings. The number of alkyl halides is 3. The van der Waals surface area contributed by atoms with Gasteiger partial charge in [0.05, 0.1) is 11.6 Å². The Morgan fingerprint density at radius 3 is 2.64 bits per heavy atom. The summed E-state index contributed by atoms with van der Waals surface area (Å²) < 4.78 is 43.5. The quantitative estimate of drug-likeness (QED) is 0.914. The maximum atomic E-state index is 12.8. The molecule has 1 atom stereocenters. The Bertz CT molecular complexity index is 637. The van der Waals surface area contributed by atoms with Gasteiger partial charge in [-0.25, -0.2) is 0 Å². The van der Waals surface area contributed by atoms with Crippen molar-refractivity contribution >= 4 is 12.1 Å². The molecular formula is C13H10F3N3O3. The maximum absolute atomic E-state index is 12.8. The first-order valence-electron chi connectivity index (χ1n) is 6.05. The molecule has 0 saturated heterocycles. The van der Waals surface area contributed by atoms with E-state index in [1.54, 1.807) is 0 Å². The van der Waals surface area contributed by atoms with Crippen LogP contribution < -0.4 is 4.74 Å². The first-order valence-corrected chi connectivity index (χ1v) is 6.05. The van der Waals surface area contributed by atoms with E-state index in [1.165, 1.54) is 24.3 Å². The number of carbonyl (C=O) groups is 1. The monoisotopic (exact) mass is 313 g/mol. The minimum Gasteiger partial charge on any atom is -0.484 e. The second kappa shape index (κ2) is 5.65. The highest BCUT2D eigenvalue weighted by Crippen LogP contribution is 2.38. The normalized spacial score (nSPS) is 20.8. The number of ether oxygens (including phenoxy) is 1. The van der Waals surface area contributed by atoms with Gasteiger partial charge in [-0.15, -0.1) is 0 Å². The average Bonchev–Trinajstić information content (AvgIpc) is 2.88. The summed E-state index contributed by atoms with van der Waals surface area (Å²) in [5, 5.41) is 21.4. The molecule has 1 aromatic carbocycles. The molecule has 1 heterocycles. The highest BCUT2D eigenvalue weighted by molar-refractivity contribution is 5.81. The van der Waals surface area contributed by atoms with Gasteiger partial charge in [0.1, 0.15) is 5.75 Å². The van der Waals surface area contributed by atoms with Gasteiger partial charge in [0.15, 0.2) is 6.61 Å². The molecule has 1 aromatic rings. The molecule has 22 heavy (non-hydrogen) atoms. The summed E-state index contributed by atoms with van der Waals surface area (Å²) in [7, 11) is 0. The number of halogens is 3. The number of aliphatic hydroxyl groups is 1. The number of benzene rings is 1. The number of nitrogens with zero attached hydrogens (tertiary/aromatic N) is 3. The highest BCUT2D eigenvalue weighted by atomic mass is 19.4. The molecule has 1 aliphatic heterocycles. The molecule has 0 unspecified atom stereocenters. The van der Waals surface area contributed by atoms with Crippen molar-refractivity contribution in [2.24, 2.45) is 5.10 Å². The number of hydrazone groups is 1. The number of amides is 1. The second-order valence-corrected chi connectivity index (χ2v) is 4.45. The van der Waals surface area contributed by atoms with Gasteiger partial charge in [0.25, 0.3) is 11.6 Å². The van der Waals surface area contributed by atoms with Gasteiger partial charge in [0, 0.05) is 12.6 Å². The molecule has 0 aromatic heterocycles. The fraction of sp³-hybridized carbons (Fsp3) is 0.308. The predicted octanol–water partition coefficient (Wildman–Crippen LogP) is 1.41. The minimum atomic E-state index is -5.03. The van der Waals surface area contributed by atoms with Crippen molar-refractivity contribution in [1.29, 1.82) is 5.26 Å². The molecule has 2 rings (SSSR count). The van der Waals surface area contributed by atoms with E-state index in [0.29, 0.717) is 5.56 Å². The van der Waals surface area contributed by atoms with Crippen molar-refractivity contribution in [1.82, 2.24) is 5.01 Å².